The van der Waals surface area contributed by atoms with Crippen LogP contribution in [0.5, 0.6) is 5.75 Å². The Morgan fingerprint density at radius 3 is 2.68 bits per heavy atom. The standard InChI is InChI=1S/C22H28N4O.HI/c1-15-8-9-17(20(12-15)27-4)13-26-22(23-3)24-11-10-18-14-25-19-7-5-6-16(2)21(18)19;/h5-9,12,14,25H,10-11,13H2,1-4H3,(H2,23,24,26);1H. The molecule has 0 unspecified atom stereocenters. The monoisotopic (exact) mass is 492 g/mol. The van der Waals surface area contributed by atoms with Crippen LogP contribution in [0.3, 0.4) is 0 Å². The Labute approximate surface area is 184 Å². The number of nitrogens with one attached hydrogen (secondary N) is 3. The van der Waals surface area contributed by atoms with Gasteiger partial charge in [0.15, 0.2) is 5.96 Å². The molecule has 3 aromatic rings. The van der Waals surface area contributed by atoms with Gasteiger partial charge in [0, 0.05) is 42.8 Å². The molecule has 0 radical (unpaired) electrons. The van der Waals surface area contributed by atoms with E-state index in [0.717, 1.165) is 30.2 Å². The number of aromatic nitrogens is 1. The zero-order chi connectivity index (χ0) is 19.2. The van der Waals surface area contributed by atoms with Gasteiger partial charge in [-0.05, 0) is 49.1 Å². The second-order valence-corrected chi connectivity index (χ2v) is 6.73. The summed E-state index contributed by atoms with van der Waals surface area (Å²) in [7, 11) is 3.49. The van der Waals surface area contributed by atoms with Crippen molar-refractivity contribution in [2.75, 3.05) is 20.7 Å². The van der Waals surface area contributed by atoms with Crippen LogP contribution in [0.1, 0.15) is 22.3 Å². The van der Waals surface area contributed by atoms with E-state index in [-0.39, 0.29) is 24.0 Å². The number of aliphatic imine (C=N–C) groups is 1. The van der Waals surface area contributed by atoms with Crippen molar-refractivity contribution < 1.29 is 4.74 Å². The Kier molecular flexibility index (Phi) is 8.17. The second kappa shape index (κ2) is 10.4. The molecule has 3 rings (SSSR count). The number of methoxy groups -OCH3 is 1. The van der Waals surface area contributed by atoms with Gasteiger partial charge in [0.1, 0.15) is 5.75 Å². The van der Waals surface area contributed by atoms with Crippen molar-refractivity contribution in [2.45, 2.75) is 26.8 Å². The molecule has 5 nitrogen and oxygen atoms in total. The number of guanidine groups is 1. The van der Waals surface area contributed by atoms with E-state index < -0.39 is 0 Å². The van der Waals surface area contributed by atoms with E-state index in [1.54, 1.807) is 14.2 Å². The molecule has 0 fully saturated rings. The SMILES string of the molecule is CN=C(NCCc1c[nH]c2cccc(C)c12)NCc1ccc(C)cc1OC.I. The van der Waals surface area contributed by atoms with Gasteiger partial charge in [-0.2, -0.15) is 0 Å². The molecule has 150 valence electrons. The van der Waals surface area contributed by atoms with Gasteiger partial charge in [-0.3, -0.25) is 4.99 Å². The van der Waals surface area contributed by atoms with Crippen molar-refractivity contribution >= 4 is 40.8 Å². The summed E-state index contributed by atoms with van der Waals surface area (Å²) in [5, 5.41) is 8.08. The highest BCUT2D eigenvalue weighted by Crippen LogP contribution is 2.22. The van der Waals surface area contributed by atoms with Gasteiger partial charge >= 0.3 is 0 Å². The molecule has 3 N–H and O–H groups in total. The van der Waals surface area contributed by atoms with Gasteiger partial charge in [-0.1, -0.05) is 24.3 Å². The summed E-state index contributed by atoms with van der Waals surface area (Å²) in [5.74, 6) is 1.68. The Morgan fingerprint density at radius 1 is 1.11 bits per heavy atom. The Balaban J connectivity index is 0.00000280. The van der Waals surface area contributed by atoms with E-state index in [1.165, 1.54) is 27.6 Å². The molecule has 6 heteroatoms. The highest BCUT2D eigenvalue weighted by Gasteiger charge is 2.07. The topological polar surface area (TPSA) is 61.4 Å². The van der Waals surface area contributed by atoms with E-state index in [4.69, 9.17) is 4.74 Å². The summed E-state index contributed by atoms with van der Waals surface area (Å²) in [4.78, 5) is 7.68. The number of ether oxygens (including phenoxy) is 1. The lowest BCUT2D eigenvalue weighted by molar-refractivity contribution is 0.408. The molecule has 1 heterocycles. The highest BCUT2D eigenvalue weighted by atomic mass is 127. The quantitative estimate of drug-likeness (QED) is 0.273. The molecule has 0 aliphatic heterocycles. The van der Waals surface area contributed by atoms with E-state index in [1.807, 2.05) is 6.07 Å². The lowest BCUT2D eigenvalue weighted by Crippen LogP contribution is -2.37. The van der Waals surface area contributed by atoms with Gasteiger partial charge in [-0.15, -0.1) is 24.0 Å². The number of benzene rings is 2. The maximum Gasteiger partial charge on any atom is 0.191 e. The Morgan fingerprint density at radius 2 is 1.93 bits per heavy atom. The smallest absolute Gasteiger partial charge is 0.191 e. The molecule has 0 atom stereocenters. The molecule has 0 bridgehead atoms. The molecule has 28 heavy (non-hydrogen) atoms. The van der Waals surface area contributed by atoms with E-state index in [2.05, 4.69) is 71.0 Å². The normalized spacial score (nSPS) is 11.2. The van der Waals surface area contributed by atoms with E-state index in [0.29, 0.717) is 6.54 Å². The fourth-order valence-corrected chi connectivity index (χ4v) is 3.36. The summed E-state index contributed by atoms with van der Waals surface area (Å²) in [6.07, 6.45) is 3.03. The minimum Gasteiger partial charge on any atom is -0.496 e. The molecule has 0 spiro atoms. The number of fused-ring (bicyclic) bond motifs is 1. The van der Waals surface area contributed by atoms with E-state index in [9.17, 15) is 0 Å². The van der Waals surface area contributed by atoms with Crippen LogP contribution in [0.4, 0.5) is 0 Å². The van der Waals surface area contributed by atoms with Crippen molar-refractivity contribution in [1.82, 2.24) is 15.6 Å². The van der Waals surface area contributed by atoms with Gasteiger partial charge in [0.25, 0.3) is 0 Å². The fraction of sp³-hybridized carbons (Fsp3) is 0.318. The zero-order valence-electron chi connectivity index (χ0n) is 16.9. The number of hydrogen-bond donors (Lipinski definition) is 3. The lowest BCUT2D eigenvalue weighted by Gasteiger charge is -2.14. The third-order valence-corrected chi connectivity index (χ3v) is 4.80. The average Bonchev–Trinajstić information content (AvgIpc) is 3.09. The molecule has 0 saturated carbocycles. The Bertz CT molecular complexity index is 949. The van der Waals surface area contributed by atoms with Crippen LogP contribution >= 0.6 is 24.0 Å². The van der Waals surface area contributed by atoms with Gasteiger partial charge < -0.3 is 20.4 Å². The number of rotatable bonds is 6. The number of nitrogens with zero attached hydrogens (tertiary/aromatic N) is 1. The third kappa shape index (κ3) is 5.19. The maximum atomic E-state index is 5.47. The maximum absolute atomic E-state index is 5.47. The first-order chi connectivity index (χ1) is 13.1. The summed E-state index contributed by atoms with van der Waals surface area (Å²) in [5.41, 5.74) is 6.12. The molecular weight excluding hydrogens is 463 g/mol. The van der Waals surface area contributed by atoms with Crippen LogP contribution in [0, 0.1) is 13.8 Å². The van der Waals surface area contributed by atoms with Crippen LogP contribution in [0.25, 0.3) is 10.9 Å². The van der Waals surface area contributed by atoms with Crippen LogP contribution < -0.4 is 15.4 Å². The fourth-order valence-electron chi connectivity index (χ4n) is 3.36. The molecule has 1 aromatic heterocycles. The number of aromatic amines is 1. The van der Waals surface area contributed by atoms with Crippen molar-refractivity contribution in [3.05, 3.63) is 64.8 Å². The van der Waals surface area contributed by atoms with Crippen molar-refractivity contribution in [3.8, 4) is 5.75 Å². The minimum absolute atomic E-state index is 0. The summed E-state index contributed by atoms with van der Waals surface area (Å²) in [6, 6.07) is 12.6. The molecule has 0 amide bonds. The van der Waals surface area contributed by atoms with Crippen molar-refractivity contribution in [1.29, 1.82) is 0 Å². The number of hydrogen-bond acceptors (Lipinski definition) is 2. The number of halogens is 1. The van der Waals surface area contributed by atoms with E-state index >= 15 is 0 Å². The molecular formula is C22H29IN4O. The number of H-pyrrole nitrogens is 1. The highest BCUT2D eigenvalue weighted by molar-refractivity contribution is 14.0. The van der Waals surface area contributed by atoms with Crippen LogP contribution in [-0.2, 0) is 13.0 Å². The van der Waals surface area contributed by atoms with Crippen molar-refractivity contribution in [2.24, 2.45) is 4.99 Å². The predicted octanol–water partition coefficient (Wildman–Crippen LogP) is 4.32. The molecule has 2 aromatic carbocycles. The van der Waals surface area contributed by atoms with Crippen LogP contribution in [0.2, 0.25) is 0 Å². The summed E-state index contributed by atoms with van der Waals surface area (Å²) in [6.45, 7) is 5.69. The Hall–Kier alpha value is -2.22. The zero-order valence-corrected chi connectivity index (χ0v) is 19.3. The number of aryl methyl sites for hydroxylation is 2. The minimum atomic E-state index is 0. The van der Waals surface area contributed by atoms with Gasteiger partial charge in [-0.25, -0.2) is 0 Å². The van der Waals surface area contributed by atoms with Crippen molar-refractivity contribution in [3.63, 3.8) is 0 Å². The van der Waals surface area contributed by atoms with Gasteiger partial charge in [0.2, 0.25) is 0 Å². The van der Waals surface area contributed by atoms with Crippen LogP contribution in [0.15, 0.2) is 47.6 Å². The lowest BCUT2D eigenvalue weighted by atomic mass is 10.1. The average molecular weight is 492 g/mol. The third-order valence-electron chi connectivity index (χ3n) is 4.80. The molecule has 0 aliphatic carbocycles. The first-order valence-corrected chi connectivity index (χ1v) is 9.26. The summed E-state index contributed by atoms with van der Waals surface area (Å²) < 4.78 is 5.47. The largest absolute Gasteiger partial charge is 0.496 e. The first kappa shape index (κ1) is 22.1. The molecule has 0 aliphatic rings. The summed E-state index contributed by atoms with van der Waals surface area (Å²) >= 11 is 0. The predicted molar refractivity (Wildman–Crippen MR) is 128 cm³/mol. The first-order valence-electron chi connectivity index (χ1n) is 9.26. The van der Waals surface area contributed by atoms with Crippen LogP contribution in [-0.4, -0.2) is 31.6 Å². The van der Waals surface area contributed by atoms with Gasteiger partial charge in [0.05, 0.1) is 7.11 Å². The molecule has 0 saturated heterocycles. The second-order valence-electron chi connectivity index (χ2n) is 6.73.